The van der Waals surface area contributed by atoms with Crippen molar-refractivity contribution < 1.29 is 4.58 Å². The smallest absolute Gasteiger partial charge is 0.166 e. The lowest BCUT2D eigenvalue weighted by Crippen LogP contribution is -2.14. The van der Waals surface area contributed by atoms with Gasteiger partial charge in [0.15, 0.2) is 6.21 Å². The van der Waals surface area contributed by atoms with Gasteiger partial charge in [0.2, 0.25) is 0 Å². The van der Waals surface area contributed by atoms with Crippen molar-refractivity contribution in [3.05, 3.63) is 60.2 Å². The number of benzene rings is 1. The molecule has 1 nitrogen and oxygen atoms in total. The molecule has 2 unspecified atom stereocenters. The van der Waals surface area contributed by atoms with Crippen molar-refractivity contribution in [1.29, 1.82) is 0 Å². The Bertz CT molecular complexity index is 496. The van der Waals surface area contributed by atoms with Crippen LogP contribution in [0.1, 0.15) is 45.1 Å². The Morgan fingerprint density at radius 1 is 1.19 bits per heavy atom. The van der Waals surface area contributed by atoms with Crippen LogP contribution in [0.15, 0.2) is 54.6 Å². The highest BCUT2D eigenvalue weighted by molar-refractivity contribution is 5.75. The number of hydrogen-bond donors (Lipinski definition) is 0. The highest BCUT2D eigenvalue weighted by Crippen LogP contribution is 2.21. The Balaban J connectivity index is 2.57. The zero-order valence-electron chi connectivity index (χ0n) is 14.1. The van der Waals surface area contributed by atoms with Gasteiger partial charge in [-0.05, 0) is 17.9 Å². The molecule has 0 aliphatic rings. The first-order chi connectivity index (χ1) is 9.95. The first kappa shape index (κ1) is 17.4. The summed E-state index contributed by atoms with van der Waals surface area (Å²) in [5, 5.41) is 0. The third-order valence-electron chi connectivity index (χ3n) is 4.34. The summed E-state index contributed by atoms with van der Waals surface area (Å²) >= 11 is 0. The van der Waals surface area contributed by atoms with Crippen LogP contribution in [0.4, 0.5) is 0 Å². The van der Waals surface area contributed by atoms with Gasteiger partial charge in [-0.3, -0.25) is 0 Å². The lowest BCUT2D eigenvalue weighted by molar-refractivity contribution is -0.491. The zero-order valence-corrected chi connectivity index (χ0v) is 14.1. The normalized spacial score (nSPS) is 14.6. The van der Waals surface area contributed by atoms with Crippen LogP contribution >= 0.6 is 0 Å². The molecule has 0 amide bonds. The average molecular weight is 284 g/mol. The van der Waals surface area contributed by atoms with E-state index < -0.39 is 0 Å². The Kier molecular flexibility index (Phi) is 7.14. The third-order valence-corrected chi connectivity index (χ3v) is 4.34. The fourth-order valence-electron chi connectivity index (χ4n) is 2.27. The molecule has 0 saturated carbocycles. The van der Waals surface area contributed by atoms with Gasteiger partial charge in [0, 0.05) is 17.9 Å². The molecule has 0 bridgehead atoms. The molecule has 0 aromatic heterocycles. The highest BCUT2D eigenvalue weighted by atomic mass is 14.9. The summed E-state index contributed by atoms with van der Waals surface area (Å²) in [4.78, 5) is 0. The van der Waals surface area contributed by atoms with E-state index in [1.165, 1.54) is 17.6 Å². The largest absolute Gasteiger partial charge is 0.238 e. The van der Waals surface area contributed by atoms with Crippen molar-refractivity contribution in [3.8, 4) is 0 Å². The summed E-state index contributed by atoms with van der Waals surface area (Å²) in [6.07, 6.45) is 4.39. The van der Waals surface area contributed by atoms with Crippen LogP contribution in [-0.2, 0) is 0 Å². The zero-order chi connectivity index (χ0) is 15.8. The van der Waals surface area contributed by atoms with Crippen molar-refractivity contribution in [1.82, 2.24) is 0 Å². The lowest BCUT2D eigenvalue weighted by Gasteiger charge is -2.12. The van der Waals surface area contributed by atoms with E-state index in [4.69, 9.17) is 0 Å². The minimum atomic E-state index is 0.353. The quantitative estimate of drug-likeness (QED) is 0.357. The number of allylic oxidation sites excluding steroid dienone is 1. The van der Waals surface area contributed by atoms with E-state index in [0.717, 1.165) is 18.5 Å². The fourth-order valence-corrected chi connectivity index (χ4v) is 2.27. The molecule has 0 aliphatic heterocycles. The van der Waals surface area contributed by atoms with E-state index in [9.17, 15) is 0 Å². The van der Waals surface area contributed by atoms with Crippen molar-refractivity contribution in [2.24, 2.45) is 5.92 Å². The van der Waals surface area contributed by atoms with E-state index in [-0.39, 0.29) is 0 Å². The SMILES string of the molecule is C=C(CC[N+](C)=CC(=C)C(C)c1ccccc1)C(C)CC. The molecule has 0 radical (unpaired) electrons. The van der Waals surface area contributed by atoms with Crippen LogP contribution in [0.5, 0.6) is 0 Å². The molecule has 1 aromatic rings. The van der Waals surface area contributed by atoms with Crippen LogP contribution < -0.4 is 0 Å². The molecule has 0 aliphatic carbocycles. The van der Waals surface area contributed by atoms with Crippen molar-refractivity contribution in [3.63, 3.8) is 0 Å². The van der Waals surface area contributed by atoms with E-state index >= 15 is 0 Å². The fraction of sp³-hybridized carbons (Fsp3) is 0.450. The summed E-state index contributed by atoms with van der Waals surface area (Å²) in [5.74, 6) is 0.969. The molecule has 1 rings (SSSR count). The van der Waals surface area contributed by atoms with Gasteiger partial charge in [0.1, 0.15) is 13.6 Å². The Hall–Kier alpha value is -1.63. The van der Waals surface area contributed by atoms with Crippen LogP contribution in [0.2, 0.25) is 0 Å². The van der Waals surface area contributed by atoms with Gasteiger partial charge in [-0.2, -0.15) is 0 Å². The first-order valence-electron chi connectivity index (χ1n) is 7.92. The van der Waals surface area contributed by atoms with Crippen molar-refractivity contribution in [2.75, 3.05) is 13.6 Å². The minimum absolute atomic E-state index is 0.353. The summed E-state index contributed by atoms with van der Waals surface area (Å²) in [7, 11) is 2.12. The van der Waals surface area contributed by atoms with Gasteiger partial charge in [-0.15, -0.1) is 0 Å². The second kappa shape index (κ2) is 8.61. The van der Waals surface area contributed by atoms with Crippen LogP contribution in [-0.4, -0.2) is 24.4 Å². The second-order valence-electron chi connectivity index (χ2n) is 6.03. The van der Waals surface area contributed by atoms with Gasteiger partial charge >= 0.3 is 0 Å². The lowest BCUT2D eigenvalue weighted by atomic mass is 9.94. The Labute approximate surface area is 130 Å². The summed E-state index contributed by atoms with van der Waals surface area (Å²) < 4.78 is 2.23. The van der Waals surface area contributed by atoms with Crippen LogP contribution in [0, 0.1) is 5.92 Å². The maximum atomic E-state index is 4.23. The third kappa shape index (κ3) is 5.71. The van der Waals surface area contributed by atoms with Crippen LogP contribution in [0.3, 0.4) is 0 Å². The monoisotopic (exact) mass is 284 g/mol. The maximum absolute atomic E-state index is 4.23. The van der Waals surface area contributed by atoms with Gasteiger partial charge in [0.25, 0.3) is 0 Å². The molecule has 1 aromatic carbocycles. The molecular formula is C20H30N+. The van der Waals surface area contributed by atoms with E-state index in [0.29, 0.717) is 11.8 Å². The van der Waals surface area contributed by atoms with E-state index in [1.54, 1.807) is 0 Å². The molecular weight excluding hydrogens is 254 g/mol. The molecule has 2 atom stereocenters. The van der Waals surface area contributed by atoms with Gasteiger partial charge in [-0.1, -0.05) is 69.8 Å². The molecule has 114 valence electrons. The van der Waals surface area contributed by atoms with Crippen LogP contribution in [0.25, 0.3) is 0 Å². The molecule has 0 spiro atoms. The Morgan fingerprint density at radius 3 is 2.38 bits per heavy atom. The van der Waals surface area contributed by atoms with E-state index in [1.807, 2.05) is 0 Å². The van der Waals surface area contributed by atoms with Crippen molar-refractivity contribution in [2.45, 2.75) is 39.5 Å². The Morgan fingerprint density at radius 2 is 1.81 bits per heavy atom. The molecule has 0 N–H and O–H groups in total. The summed E-state index contributed by atoms with van der Waals surface area (Å²) in [5.41, 5.74) is 3.81. The maximum Gasteiger partial charge on any atom is 0.166 e. The molecule has 0 saturated heterocycles. The second-order valence-corrected chi connectivity index (χ2v) is 6.03. The van der Waals surface area contributed by atoms with E-state index in [2.05, 4.69) is 82.1 Å². The molecule has 21 heavy (non-hydrogen) atoms. The first-order valence-corrected chi connectivity index (χ1v) is 7.92. The number of nitrogens with zero attached hydrogens (tertiary/aromatic N) is 1. The topological polar surface area (TPSA) is 3.01 Å². The number of rotatable bonds is 8. The molecule has 1 heteroatoms. The summed E-state index contributed by atoms with van der Waals surface area (Å²) in [6.45, 7) is 16.1. The minimum Gasteiger partial charge on any atom is -0.238 e. The summed E-state index contributed by atoms with van der Waals surface area (Å²) in [6, 6.07) is 10.5. The van der Waals surface area contributed by atoms with Gasteiger partial charge in [-0.25, -0.2) is 4.58 Å². The molecule has 0 fully saturated rings. The standard InChI is InChI=1S/C20H30N/c1-7-16(2)17(3)13-14-21(6)15-18(4)19(5)20-11-9-8-10-12-20/h8-12,15-16,19H,3-4,7,13-14H2,1-2,5-6H3/q+1. The average Bonchev–Trinajstić information content (AvgIpc) is 2.51. The predicted molar refractivity (Wildman–Crippen MR) is 94.3 cm³/mol. The molecule has 0 heterocycles. The van der Waals surface area contributed by atoms with Gasteiger partial charge in [0.05, 0.1) is 0 Å². The highest BCUT2D eigenvalue weighted by Gasteiger charge is 2.11. The number of hydrogen-bond acceptors (Lipinski definition) is 0. The van der Waals surface area contributed by atoms with Crippen molar-refractivity contribution >= 4 is 6.21 Å². The predicted octanol–water partition coefficient (Wildman–Crippen LogP) is 5.05. The van der Waals surface area contributed by atoms with Gasteiger partial charge < -0.3 is 0 Å².